The minimum Gasteiger partial charge on any atom is -0.486 e. The highest BCUT2D eigenvalue weighted by atomic mass is 32.1. The molecule has 18 heavy (non-hydrogen) atoms. The summed E-state index contributed by atoms with van der Waals surface area (Å²) >= 11 is 1.58. The van der Waals surface area contributed by atoms with Crippen LogP contribution in [0, 0.1) is 0 Å². The second-order valence-electron chi connectivity index (χ2n) is 4.27. The van der Waals surface area contributed by atoms with Crippen LogP contribution in [-0.4, -0.2) is 10.8 Å². The smallest absolute Gasteiger partial charge is 0.163 e. The van der Waals surface area contributed by atoms with Crippen LogP contribution in [0.15, 0.2) is 29.8 Å². The van der Waals surface area contributed by atoms with Gasteiger partial charge in [-0.15, -0.1) is 11.3 Å². The third-order valence-electron chi connectivity index (χ3n) is 3.10. The van der Waals surface area contributed by atoms with E-state index in [1.165, 1.54) is 0 Å². The summed E-state index contributed by atoms with van der Waals surface area (Å²) in [6.07, 6.45) is 4.27. The summed E-state index contributed by atoms with van der Waals surface area (Å²) in [5.41, 5.74) is 1.89. The van der Waals surface area contributed by atoms with Crippen molar-refractivity contribution >= 4 is 17.1 Å². The molecule has 1 heterocycles. The van der Waals surface area contributed by atoms with E-state index in [4.69, 9.17) is 4.74 Å². The third-order valence-corrected chi connectivity index (χ3v) is 3.85. The summed E-state index contributed by atoms with van der Waals surface area (Å²) in [5, 5.41) is 2.89. The first-order valence-electron chi connectivity index (χ1n) is 6.01. The molecule has 1 aliphatic rings. The van der Waals surface area contributed by atoms with Gasteiger partial charge in [0.25, 0.3) is 0 Å². The Bertz CT molecular complexity index is 563. The first-order valence-corrected chi connectivity index (χ1v) is 6.89. The van der Waals surface area contributed by atoms with Crippen molar-refractivity contribution in [2.75, 3.05) is 0 Å². The Labute approximate surface area is 109 Å². The van der Waals surface area contributed by atoms with E-state index < -0.39 is 0 Å². The van der Waals surface area contributed by atoms with Gasteiger partial charge in [0.2, 0.25) is 0 Å². The Morgan fingerprint density at radius 1 is 1.33 bits per heavy atom. The maximum atomic E-state index is 11.8. The lowest BCUT2D eigenvalue weighted by atomic mass is 9.90. The van der Waals surface area contributed by atoms with Gasteiger partial charge in [0.15, 0.2) is 5.78 Å². The molecule has 0 saturated carbocycles. The minimum atomic E-state index is 0.232. The molecule has 0 amide bonds. The number of aromatic nitrogens is 1. The van der Waals surface area contributed by atoms with Crippen molar-refractivity contribution in [1.82, 2.24) is 4.98 Å². The fourth-order valence-corrected chi connectivity index (χ4v) is 2.77. The predicted octanol–water partition coefficient (Wildman–Crippen LogP) is 3.24. The fourth-order valence-electron chi connectivity index (χ4n) is 2.24. The Hall–Kier alpha value is -1.68. The highest BCUT2D eigenvalue weighted by Gasteiger charge is 2.20. The molecule has 0 spiro atoms. The van der Waals surface area contributed by atoms with E-state index >= 15 is 0 Å². The number of thiazole rings is 1. The second-order valence-corrected chi connectivity index (χ2v) is 5.25. The average Bonchev–Trinajstić information content (AvgIpc) is 2.90. The van der Waals surface area contributed by atoms with Crippen molar-refractivity contribution < 1.29 is 9.53 Å². The summed E-state index contributed by atoms with van der Waals surface area (Å²) < 4.78 is 5.79. The zero-order valence-corrected chi connectivity index (χ0v) is 10.7. The fraction of sp³-hybridized carbons (Fsp3) is 0.286. The number of carbonyl (C=O) groups excluding carboxylic acids is 1. The van der Waals surface area contributed by atoms with Crippen LogP contribution >= 0.6 is 11.3 Å². The van der Waals surface area contributed by atoms with E-state index in [1.54, 1.807) is 17.5 Å². The van der Waals surface area contributed by atoms with E-state index in [-0.39, 0.29) is 5.78 Å². The molecule has 92 valence electrons. The average molecular weight is 259 g/mol. The second kappa shape index (κ2) is 4.90. The molecule has 0 aliphatic heterocycles. The Balaban J connectivity index is 1.84. The van der Waals surface area contributed by atoms with Crippen molar-refractivity contribution in [1.29, 1.82) is 0 Å². The molecular formula is C14H13NO2S. The maximum absolute atomic E-state index is 11.8. The number of ether oxygens (including phenoxy) is 1. The van der Waals surface area contributed by atoms with Crippen LogP contribution in [0.25, 0.3) is 0 Å². The van der Waals surface area contributed by atoms with Crippen LogP contribution in [0.2, 0.25) is 0 Å². The molecule has 0 fully saturated rings. The normalized spacial score (nSPS) is 14.3. The predicted molar refractivity (Wildman–Crippen MR) is 70.2 cm³/mol. The van der Waals surface area contributed by atoms with Gasteiger partial charge in [0, 0.05) is 29.1 Å². The van der Waals surface area contributed by atoms with Crippen molar-refractivity contribution in [2.24, 2.45) is 0 Å². The highest BCUT2D eigenvalue weighted by molar-refractivity contribution is 7.09. The quantitative estimate of drug-likeness (QED) is 0.849. The van der Waals surface area contributed by atoms with E-state index in [2.05, 4.69) is 4.98 Å². The number of hydrogen-bond acceptors (Lipinski definition) is 4. The molecule has 3 rings (SSSR count). The molecule has 2 aromatic rings. The van der Waals surface area contributed by atoms with E-state index in [0.29, 0.717) is 13.0 Å². The molecule has 0 saturated heterocycles. The van der Waals surface area contributed by atoms with Gasteiger partial charge in [-0.05, 0) is 18.9 Å². The number of Topliss-reactive ketones (excluding diaryl/α,β-unsaturated/α-hetero) is 1. The lowest BCUT2D eigenvalue weighted by Crippen LogP contribution is -2.12. The van der Waals surface area contributed by atoms with Crippen LogP contribution in [0.5, 0.6) is 5.75 Å². The molecular weight excluding hydrogens is 246 g/mol. The summed E-state index contributed by atoms with van der Waals surface area (Å²) in [7, 11) is 0. The molecule has 1 aromatic carbocycles. The molecule has 0 unspecified atom stereocenters. The molecule has 1 aromatic heterocycles. The standard InChI is InChI=1S/C14H13NO2S/c16-12-5-1-4-11-10(12)3-2-6-13(11)17-9-14-15-7-8-18-14/h2-3,6-8H,1,4-5,9H2. The molecule has 0 radical (unpaired) electrons. The van der Waals surface area contributed by atoms with Crippen molar-refractivity contribution in [3.05, 3.63) is 45.9 Å². The van der Waals surface area contributed by atoms with Crippen molar-refractivity contribution in [2.45, 2.75) is 25.9 Å². The molecule has 0 atom stereocenters. The van der Waals surface area contributed by atoms with Gasteiger partial charge in [-0.1, -0.05) is 12.1 Å². The Morgan fingerprint density at radius 3 is 3.11 bits per heavy atom. The largest absolute Gasteiger partial charge is 0.486 e. The van der Waals surface area contributed by atoms with Gasteiger partial charge in [-0.3, -0.25) is 4.79 Å². The van der Waals surface area contributed by atoms with Gasteiger partial charge in [-0.2, -0.15) is 0 Å². The third kappa shape index (κ3) is 2.16. The van der Waals surface area contributed by atoms with Crippen LogP contribution in [0.4, 0.5) is 0 Å². The highest BCUT2D eigenvalue weighted by Crippen LogP contribution is 2.30. The number of fused-ring (bicyclic) bond motifs is 1. The summed E-state index contributed by atoms with van der Waals surface area (Å²) in [5.74, 6) is 1.06. The van der Waals surface area contributed by atoms with Crippen LogP contribution < -0.4 is 4.74 Å². The Kier molecular flexibility index (Phi) is 3.11. The van der Waals surface area contributed by atoms with Gasteiger partial charge >= 0.3 is 0 Å². The van der Waals surface area contributed by atoms with Gasteiger partial charge in [-0.25, -0.2) is 4.98 Å². The summed E-state index contributed by atoms with van der Waals surface area (Å²) in [6.45, 7) is 0.475. The zero-order valence-electron chi connectivity index (χ0n) is 9.89. The summed E-state index contributed by atoms with van der Waals surface area (Å²) in [4.78, 5) is 16.0. The van der Waals surface area contributed by atoms with Gasteiger partial charge < -0.3 is 4.74 Å². The van der Waals surface area contributed by atoms with Crippen LogP contribution in [-0.2, 0) is 13.0 Å². The van der Waals surface area contributed by atoms with E-state index in [1.807, 2.05) is 23.6 Å². The minimum absolute atomic E-state index is 0.232. The van der Waals surface area contributed by atoms with Crippen LogP contribution in [0.3, 0.4) is 0 Å². The maximum Gasteiger partial charge on any atom is 0.163 e. The molecule has 0 N–H and O–H groups in total. The molecule has 4 heteroatoms. The van der Waals surface area contributed by atoms with Gasteiger partial charge in [0.1, 0.15) is 17.4 Å². The van der Waals surface area contributed by atoms with E-state index in [0.717, 1.165) is 34.7 Å². The molecule has 0 bridgehead atoms. The number of benzene rings is 1. The lowest BCUT2D eigenvalue weighted by molar-refractivity contribution is 0.0971. The molecule has 1 aliphatic carbocycles. The Morgan fingerprint density at radius 2 is 2.28 bits per heavy atom. The topological polar surface area (TPSA) is 39.2 Å². The number of nitrogens with zero attached hydrogens (tertiary/aromatic N) is 1. The van der Waals surface area contributed by atoms with Crippen molar-refractivity contribution in [3.63, 3.8) is 0 Å². The zero-order chi connectivity index (χ0) is 12.4. The SMILES string of the molecule is O=C1CCCc2c(OCc3nccs3)cccc21. The van der Waals surface area contributed by atoms with Crippen molar-refractivity contribution in [3.8, 4) is 5.75 Å². The van der Waals surface area contributed by atoms with Gasteiger partial charge in [0.05, 0.1) is 0 Å². The lowest BCUT2D eigenvalue weighted by Gasteiger charge is -2.18. The number of hydrogen-bond donors (Lipinski definition) is 0. The first-order chi connectivity index (χ1) is 8.84. The summed E-state index contributed by atoms with van der Waals surface area (Å²) in [6, 6.07) is 5.72. The number of ketones is 1. The van der Waals surface area contributed by atoms with Crippen LogP contribution in [0.1, 0.15) is 33.8 Å². The monoisotopic (exact) mass is 259 g/mol. The number of carbonyl (C=O) groups is 1. The molecule has 3 nitrogen and oxygen atoms in total. The number of rotatable bonds is 3. The van der Waals surface area contributed by atoms with E-state index in [9.17, 15) is 4.79 Å². The first kappa shape index (κ1) is 11.4.